The van der Waals surface area contributed by atoms with Crippen LogP contribution in [0.15, 0.2) is 52.9 Å². The number of nitrogens with one attached hydrogen (secondary N) is 1. The number of benzene rings is 2. The maximum Gasteiger partial charge on any atom is 0.298 e. The number of hydrogen-bond acceptors (Lipinski definition) is 6. The molecule has 4 rings (SSSR count). The van der Waals surface area contributed by atoms with Crippen LogP contribution >= 0.6 is 0 Å². The van der Waals surface area contributed by atoms with Crippen molar-refractivity contribution in [2.45, 2.75) is 25.8 Å². The van der Waals surface area contributed by atoms with Crippen LogP contribution in [0.2, 0.25) is 0 Å². The van der Waals surface area contributed by atoms with Gasteiger partial charge >= 0.3 is 0 Å². The van der Waals surface area contributed by atoms with Gasteiger partial charge in [-0.2, -0.15) is 4.98 Å². The SMILES string of the molecule is CCOc1ccc(OCC(=O)NCC2CCCN2c2nc3ccccc3o2)cc1. The third kappa shape index (κ3) is 4.62. The van der Waals surface area contributed by atoms with Crippen molar-refractivity contribution < 1.29 is 18.7 Å². The highest BCUT2D eigenvalue weighted by atomic mass is 16.5. The van der Waals surface area contributed by atoms with Gasteiger partial charge < -0.3 is 24.1 Å². The van der Waals surface area contributed by atoms with Gasteiger partial charge in [-0.3, -0.25) is 4.79 Å². The molecule has 7 heteroatoms. The van der Waals surface area contributed by atoms with Crippen LogP contribution in [0.1, 0.15) is 19.8 Å². The Kier molecular flexibility index (Phi) is 5.84. The van der Waals surface area contributed by atoms with E-state index in [0.29, 0.717) is 24.9 Å². The first-order valence-corrected chi connectivity index (χ1v) is 9.97. The molecular weight excluding hydrogens is 370 g/mol. The highest BCUT2D eigenvalue weighted by Crippen LogP contribution is 2.28. The average molecular weight is 395 g/mol. The van der Waals surface area contributed by atoms with Crippen LogP contribution in [0.4, 0.5) is 6.01 Å². The number of nitrogens with zero attached hydrogens (tertiary/aromatic N) is 2. The first-order chi connectivity index (χ1) is 14.2. The molecule has 1 aliphatic rings. The molecule has 0 aliphatic carbocycles. The molecule has 152 valence electrons. The van der Waals surface area contributed by atoms with Gasteiger partial charge in [0.2, 0.25) is 0 Å². The van der Waals surface area contributed by atoms with E-state index in [1.165, 1.54) is 0 Å². The lowest BCUT2D eigenvalue weighted by Crippen LogP contribution is -2.41. The second-order valence-electron chi connectivity index (χ2n) is 6.95. The number of carbonyl (C=O) groups excluding carboxylic acids is 1. The van der Waals surface area contributed by atoms with Crippen molar-refractivity contribution in [3.05, 3.63) is 48.5 Å². The second kappa shape index (κ2) is 8.86. The topological polar surface area (TPSA) is 76.8 Å². The molecule has 1 aromatic heterocycles. The van der Waals surface area contributed by atoms with Crippen molar-refractivity contribution in [1.82, 2.24) is 10.3 Å². The standard InChI is InChI=1S/C22H25N3O4/c1-2-27-17-9-11-18(12-10-17)28-15-21(26)23-14-16-6-5-13-25(16)22-24-19-7-3-4-8-20(19)29-22/h3-4,7-12,16H,2,5-6,13-15H2,1H3,(H,23,26). The molecule has 0 radical (unpaired) electrons. The quantitative estimate of drug-likeness (QED) is 0.630. The van der Waals surface area contributed by atoms with Crippen LogP contribution in [0, 0.1) is 0 Å². The van der Waals surface area contributed by atoms with Gasteiger partial charge in [0.1, 0.15) is 17.0 Å². The third-order valence-electron chi connectivity index (χ3n) is 4.94. The number of anilines is 1. The average Bonchev–Trinajstić information content (AvgIpc) is 3.38. The minimum absolute atomic E-state index is 0.0242. The van der Waals surface area contributed by atoms with E-state index in [1.807, 2.05) is 43.3 Å². The summed E-state index contributed by atoms with van der Waals surface area (Å²) in [6.45, 7) is 3.93. The molecule has 29 heavy (non-hydrogen) atoms. The Balaban J connectivity index is 1.28. The molecule has 1 aliphatic heterocycles. The van der Waals surface area contributed by atoms with Gasteiger partial charge in [0.25, 0.3) is 11.9 Å². The number of oxazole rings is 1. The van der Waals surface area contributed by atoms with E-state index in [0.717, 1.165) is 36.2 Å². The minimum Gasteiger partial charge on any atom is -0.494 e. The summed E-state index contributed by atoms with van der Waals surface area (Å²) in [5.74, 6) is 1.27. The fourth-order valence-electron chi connectivity index (χ4n) is 3.51. The van der Waals surface area contributed by atoms with E-state index in [2.05, 4.69) is 15.2 Å². The first-order valence-electron chi connectivity index (χ1n) is 9.97. The van der Waals surface area contributed by atoms with E-state index in [-0.39, 0.29) is 18.6 Å². The number of rotatable bonds is 8. The first kappa shape index (κ1) is 19.1. The molecule has 1 N–H and O–H groups in total. The smallest absolute Gasteiger partial charge is 0.298 e. The number of amides is 1. The number of hydrogen-bond donors (Lipinski definition) is 1. The molecular formula is C22H25N3O4. The maximum absolute atomic E-state index is 12.2. The Morgan fingerprint density at radius 2 is 1.93 bits per heavy atom. The molecule has 1 saturated heterocycles. The van der Waals surface area contributed by atoms with Crippen LogP contribution < -0.4 is 19.7 Å². The summed E-state index contributed by atoms with van der Waals surface area (Å²) in [6, 6.07) is 15.8. The summed E-state index contributed by atoms with van der Waals surface area (Å²) in [6.07, 6.45) is 2.03. The predicted octanol–water partition coefficient (Wildman–Crippen LogP) is 3.39. The summed E-state index contributed by atoms with van der Waals surface area (Å²) >= 11 is 0. The van der Waals surface area contributed by atoms with Crippen LogP contribution in [-0.4, -0.2) is 43.2 Å². The third-order valence-corrected chi connectivity index (χ3v) is 4.94. The zero-order valence-electron chi connectivity index (χ0n) is 16.5. The van der Waals surface area contributed by atoms with Crippen molar-refractivity contribution in [2.75, 3.05) is 31.2 Å². The Bertz CT molecular complexity index is 921. The number of ether oxygens (including phenoxy) is 2. The van der Waals surface area contributed by atoms with Crippen molar-refractivity contribution in [3.63, 3.8) is 0 Å². The number of carbonyl (C=O) groups is 1. The molecule has 0 spiro atoms. The van der Waals surface area contributed by atoms with E-state index in [9.17, 15) is 4.79 Å². The fraction of sp³-hybridized carbons (Fsp3) is 0.364. The molecule has 1 amide bonds. The summed E-state index contributed by atoms with van der Waals surface area (Å²) < 4.78 is 16.8. The molecule has 0 bridgehead atoms. The summed E-state index contributed by atoms with van der Waals surface area (Å²) in [5.41, 5.74) is 1.63. The fourth-order valence-corrected chi connectivity index (χ4v) is 3.51. The summed E-state index contributed by atoms with van der Waals surface area (Å²) in [4.78, 5) is 18.9. The van der Waals surface area contributed by atoms with Gasteiger partial charge in [-0.1, -0.05) is 12.1 Å². The van der Waals surface area contributed by atoms with Gasteiger partial charge in [0.15, 0.2) is 12.2 Å². The van der Waals surface area contributed by atoms with Gasteiger partial charge in [-0.25, -0.2) is 0 Å². The van der Waals surface area contributed by atoms with Gasteiger partial charge in [0, 0.05) is 13.1 Å². The van der Waals surface area contributed by atoms with Crippen LogP contribution in [-0.2, 0) is 4.79 Å². The van der Waals surface area contributed by atoms with Crippen molar-refractivity contribution in [2.24, 2.45) is 0 Å². The normalized spacial score (nSPS) is 16.2. The molecule has 1 fully saturated rings. The Morgan fingerprint density at radius 3 is 2.69 bits per heavy atom. The summed E-state index contributed by atoms with van der Waals surface area (Å²) in [5, 5.41) is 2.96. The number of para-hydroxylation sites is 2. The lowest BCUT2D eigenvalue weighted by molar-refractivity contribution is -0.123. The number of aromatic nitrogens is 1. The number of fused-ring (bicyclic) bond motifs is 1. The molecule has 1 unspecified atom stereocenters. The Hall–Kier alpha value is -3.22. The molecule has 2 heterocycles. The predicted molar refractivity (Wildman–Crippen MR) is 110 cm³/mol. The largest absolute Gasteiger partial charge is 0.494 e. The maximum atomic E-state index is 12.2. The van der Waals surface area contributed by atoms with Crippen LogP contribution in [0.25, 0.3) is 11.1 Å². The summed E-state index contributed by atoms with van der Waals surface area (Å²) in [7, 11) is 0. The monoisotopic (exact) mass is 395 g/mol. The molecule has 1 atom stereocenters. The van der Waals surface area contributed by atoms with Gasteiger partial charge in [0.05, 0.1) is 12.6 Å². The van der Waals surface area contributed by atoms with Crippen molar-refractivity contribution >= 4 is 23.0 Å². The van der Waals surface area contributed by atoms with Crippen molar-refractivity contribution in [3.8, 4) is 11.5 Å². The zero-order chi connectivity index (χ0) is 20.1. The van der Waals surface area contributed by atoms with E-state index in [1.54, 1.807) is 12.1 Å². The van der Waals surface area contributed by atoms with E-state index in [4.69, 9.17) is 13.9 Å². The Labute approximate surface area is 169 Å². The highest BCUT2D eigenvalue weighted by Gasteiger charge is 2.28. The van der Waals surface area contributed by atoms with Crippen LogP contribution in [0.5, 0.6) is 11.5 Å². The Morgan fingerprint density at radius 1 is 1.17 bits per heavy atom. The lowest BCUT2D eigenvalue weighted by atomic mass is 10.2. The molecule has 2 aromatic carbocycles. The molecule has 3 aromatic rings. The molecule has 7 nitrogen and oxygen atoms in total. The minimum atomic E-state index is -0.150. The van der Waals surface area contributed by atoms with Crippen molar-refractivity contribution in [1.29, 1.82) is 0 Å². The van der Waals surface area contributed by atoms with E-state index >= 15 is 0 Å². The van der Waals surface area contributed by atoms with Crippen LogP contribution in [0.3, 0.4) is 0 Å². The highest BCUT2D eigenvalue weighted by molar-refractivity contribution is 5.77. The van der Waals surface area contributed by atoms with Gasteiger partial charge in [-0.15, -0.1) is 0 Å². The van der Waals surface area contributed by atoms with Gasteiger partial charge in [-0.05, 0) is 56.2 Å². The van der Waals surface area contributed by atoms with E-state index < -0.39 is 0 Å². The molecule has 0 saturated carbocycles. The second-order valence-corrected chi connectivity index (χ2v) is 6.95. The zero-order valence-corrected chi connectivity index (χ0v) is 16.5. The lowest BCUT2D eigenvalue weighted by Gasteiger charge is -2.23.